The van der Waals surface area contributed by atoms with Crippen molar-refractivity contribution in [3.8, 4) is 23.0 Å². The van der Waals surface area contributed by atoms with Crippen LogP contribution < -0.4 is 5.32 Å². The van der Waals surface area contributed by atoms with Crippen molar-refractivity contribution in [1.29, 1.82) is 0 Å². The molecule has 1 N–H and O–H groups in total. The Hall–Kier alpha value is -3.81. The Labute approximate surface area is 161 Å². The van der Waals surface area contributed by atoms with Gasteiger partial charge in [-0.3, -0.25) is 9.78 Å². The van der Waals surface area contributed by atoms with E-state index in [2.05, 4.69) is 25.4 Å². The Morgan fingerprint density at radius 2 is 2.00 bits per heavy atom. The van der Waals surface area contributed by atoms with Crippen molar-refractivity contribution in [2.45, 2.75) is 20.4 Å². The lowest BCUT2D eigenvalue weighted by Crippen LogP contribution is -2.18. The van der Waals surface area contributed by atoms with Crippen LogP contribution in [-0.2, 0) is 11.3 Å². The summed E-state index contributed by atoms with van der Waals surface area (Å²) >= 11 is 0. The van der Waals surface area contributed by atoms with E-state index in [9.17, 15) is 4.79 Å². The van der Waals surface area contributed by atoms with Crippen LogP contribution in [0.15, 0.2) is 59.8 Å². The van der Waals surface area contributed by atoms with Crippen LogP contribution in [0.2, 0.25) is 0 Å². The molecule has 0 unspecified atom stereocenters. The highest BCUT2D eigenvalue weighted by Gasteiger charge is 2.14. The number of hydrogen-bond acceptors (Lipinski definition) is 6. The number of nitrogens with zero attached hydrogens (tertiary/aromatic N) is 5. The van der Waals surface area contributed by atoms with E-state index in [1.807, 2.05) is 32.0 Å². The third-order valence-electron chi connectivity index (χ3n) is 4.20. The number of carbonyl (C=O) groups is 1. The molecule has 0 atom stereocenters. The van der Waals surface area contributed by atoms with Crippen molar-refractivity contribution in [1.82, 2.24) is 24.7 Å². The molecule has 0 bridgehead atoms. The molecule has 8 heteroatoms. The van der Waals surface area contributed by atoms with Crippen molar-refractivity contribution < 1.29 is 9.32 Å². The Balaban J connectivity index is 1.44. The second kappa shape index (κ2) is 7.43. The Kier molecular flexibility index (Phi) is 4.67. The highest BCUT2D eigenvalue weighted by atomic mass is 16.5. The van der Waals surface area contributed by atoms with Gasteiger partial charge in [-0.25, -0.2) is 4.98 Å². The van der Waals surface area contributed by atoms with E-state index in [-0.39, 0.29) is 12.5 Å². The smallest absolute Gasteiger partial charge is 0.258 e. The molecule has 8 nitrogen and oxygen atoms in total. The fraction of sp³-hybridized carbons (Fsp3) is 0.150. The van der Waals surface area contributed by atoms with Crippen molar-refractivity contribution >= 4 is 11.6 Å². The molecule has 0 saturated heterocycles. The van der Waals surface area contributed by atoms with Crippen molar-refractivity contribution in [2.24, 2.45) is 0 Å². The number of amides is 1. The summed E-state index contributed by atoms with van der Waals surface area (Å²) in [5.41, 5.74) is 4.29. The molecular formula is C20H18N6O2. The zero-order valence-corrected chi connectivity index (χ0v) is 15.5. The molecule has 0 spiro atoms. The van der Waals surface area contributed by atoms with Gasteiger partial charge in [-0.2, -0.15) is 4.98 Å². The molecule has 4 rings (SSSR count). The molecule has 1 amide bonds. The lowest BCUT2D eigenvalue weighted by molar-refractivity contribution is -0.116. The molecule has 1 aromatic carbocycles. The van der Waals surface area contributed by atoms with Gasteiger partial charge in [-0.15, -0.1) is 0 Å². The molecule has 0 radical (unpaired) electrons. The Morgan fingerprint density at radius 1 is 1.18 bits per heavy atom. The lowest BCUT2D eigenvalue weighted by Gasteiger charge is -2.09. The largest absolute Gasteiger partial charge is 0.334 e. The average Bonchev–Trinajstić information content (AvgIpc) is 3.34. The summed E-state index contributed by atoms with van der Waals surface area (Å²) in [6.45, 7) is 4.12. The van der Waals surface area contributed by atoms with E-state index in [4.69, 9.17) is 4.52 Å². The SMILES string of the molecule is Cc1ccc(NC(=O)Cn2cnc(-c3noc(-c4ccncc4)n3)c2)c(C)c1. The van der Waals surface area contributed by atoms with Crippen LogP contribution in [0.1, 0.15) is 11.1 Å². The lowest BCUT2D eigenvalue weighted by atomic mass is 10.1. The maximum Gasteiger partial charge on any atom is 0.258 e. The zero-order chi connectivity index (χ0) is 19.5. The second-order valence-corrected chi connectivity index (χ2v) is 6.46. The first-order valence-corrected chi connectivity index (χ1v) is 8.72. The summed E-state index contributed by atoms with van der Waals surface area (Å²) in [7, 11) is 0. The zero-order valence-electron chi connectivity index (χ0n) is 15.5. The monoisotopic (exact) mass is 374 g/mol. The van der Waals surface area contributed by atoms with Crippen molar-refractivity contribution in [3.05, 3.63) is 66.4 Å². The minimum Gasteiger partial charge on any atom is -0.334 e. The van der Waals surface area contributed by atoms with Crippen LogP contribution in [-0.4, -0.2) is 30.6 Å². The highest BCUT2D eigenvalue weighted by Crippen LogP contribution is 2.20. The average molecular weight is 374 g/mol. The van der Waals surface area contributed by atoms with Crippen LogP contribution in [0.25, 0.3) is 23.0 Å². The van der Waals surface area contributed by atoms with E-state index in [1.165, 1.54) is 0 Å². The van der Waals surface area contributed by atoms with Gasteiger partial charge in [-0.1, -0.05) is 22.9 Å². The summed E-state index contributed by atoms with van der Waals surface area (Å²) < 4.78 is 6.96. The number of nitrogens with one attached hydrogen (secondary N) is 1. The molecule has 0 aliphatic rings. The molecule has 3 aromatic heterocycles. The molecule has 28 heavy (non-hydrogen) atoms. The van der Waals surface area contributed by atoms with Gasteiger partial charge in [-0.05, 0) is 37.6 Å². The number of rotatable bonds is 5. The van der Waals surface area contributed by atoms with E-state index >= 15 is 0 Å². The number of aromatic nitrogens is 5. The molecular weight excluding hydrogens is 356 g/mol. The molecule has 4 aromatic rings. The van der Waals surface area contributed by atoms with E-state index in [1.54, 1.807) is 41.6 Å². The van der Waals surface area contributed by atoms with Gasteiger partial charge in [0, 0.05) is 29.8 Å². The van der Waals surface area contributed by atoms with E-state index < -0.39 is 0 Å². The van der Waals surface area contributed by atoms with Crippen molar-refractivity contribution in [2.75, 3.05) is 5.32 Å². The first-order chi connectivity index (χ1) is 13.6. The van der Waals surface area contributed by atoms with Gasteiger partial charge in [0.2, 0.25) is 11.7 Å². The van der Waals surface area contributed by atoms with Gasteiger partial charge in [0.15, 0.2) is 0 Å². The predicted octanol–water partition coefficient (Wildman–Crippen LogP) is 3.25. The van der Waals surface area contributed by atoms with Gasteiger partial charge in [0.25, 0.3) is 5.89 Å². The first kappa shape index (κ1) is 17.6. The van der Waals surface area contributed by atoms with Crippen molar-refractivity contribution in [3.63, 3.8) is 0 Å². The topological polar surface area (TPSA) is 98.7 Å². The normalized spacial score (nSPS) is 10.8. The molecule has 0 aliphatic heterocycles. The minimum atomic E-state index is -0.138. The van der Waals surface area contributed by atoms with Gasteiger partial charge in [0.05, 0.1) is 6.33 Å². The summed E-state index contributed by atoms with van der Waals surface area (Å²) in [4.78, 5) is 24.9. The summed E-state index contributed by atoms with van der Waals surface area (Å²) in [5.74, 6) is 0.612. The molecule has 0 saturated carbocycles. The third kappa shape index (κ3) is 3.80. The predicted molar refractivity (Wildman–Crippen MR) is 103 cm³/mol. The molecule has 0 aliphatic carbocycles. The first-order valence-electron chi connectivity index (χ1n) is 8.72. The Bertz CT molecular complexity index is 1120. The van der Waals surface area contributed by atoms with Crippen LogP contribution in [0.5, 0.6) is 0 Å². The van der Waals surface area contributed by atoms with Gasteiger partial charge >= 0.3 is 0 Å². The molecule has 0 fully saturated rings. The van der Waals surface area contributed by atoms with Crippen LogP contribution in [0.4, 0.5) is 5.69 Å². The highest BCUT2D eigenvalue weighted by molar-refractivity contribution is 5.91. The molecule has 3 heterocycles. The van der Waals surface area contributed by atoms with Crippen LogP contribution in [0, 0.1) is 13.8 Å². The maximum atomic E-state index is 12.3. The number of pyridine rings is 1. The fourth-order valence-electron chi connectivity index (χ4n) is 2.81. The summed E-state index contributed by atoms with van der Waals surface area (Å²) in [5, 5.41) is 6.88. The maximum absolute atomic E-state index is 12.3. The number of anilines is 1. The number of benzene rings is 1. The summed E-state index contributed by atoms with van der Waals surface area (Å²) in [6, 6.07) is 9.47. The van der Waals surface area contributed by atoms with E-state index in [0.29, 0.717) is 17.4 Å². The number of hydrogen-bond donors (Lipinski definition) is 1. The van der Waals surface area contributed by atoms with Gasteiger partial charge < -0.3 is 14.4 Å². The third-order valence-corrected chi connectivity index (χ3v) is 4.20. The minimum absolute atomic E-state index is 0.134. The number of aryl methyl sites for hydroxylation is 2. The fourth-order valence-corrected chi connectivity index (χ4v) is 2.81. The molecule has 140 valence electrons. The van der Waals surface area contributed by atoms with Crippen LogP contribution >= 0.6 is 0 Å². The van der Waals surface area contributed by atoms with Crippen LogP contribution in [0.3, 0.4) is 0 Å². The number of imidazole rings is 1. The van der Waals surface area contributed by atoms with E-state index in [0.717, 1.165) is 22.4 Å². The summed E-state index contributed by atoms with van der Waals surface area (Å²) in [6.07, 6.45) is 6.59. The quantitative estimate of drug-likeness (QED) is 0.576. The second-order valence-electron chi connectivity index (χ2n) is 6.46. The number of carbonyl (C=O) groups excluding carboxylic acids is 1. The standard InChI is InChI=1S/C20H18N6O2/c1-13-3-4-16(14(2)9-13)23-18(27)11-26-10-17(22-12-26)19-24-20(28-25-19)15-5-7-21-8-6-15/h3-10,12H,11H2,1-2H3,(H,23,27). The van der Waals surface area contributed by atoms with Gasteiger partial charge in [0.1, 0.15) is 12.2 Å². The Morgan fingerprint density at radius 3 is 2.79 bits per heavy atom.